The van der Waals surface area contributed by atoms with Gasteiger partial charge in [0.05, 0.1) is 0 Å². The van der Waals surface area contributed by atoms with Gasteiger partial charge in [-0.15, -0.1) is 0 Å². The quantitative estimate of drug-likeness (QED) is 0.704. The fraction of sp³-hybridized carbons (Fsp3) is 1.00. The first-order valence-electron chi connectivity index (χ1n) is 8.28. The van der Waals surface area contributed by atoms with Crippen LogP contribution in [0, 0.1) is 29.6 Å². The molecule has 0 saturated heterocycles. The van der Waals surface area contributed by atoms with E-state index in [1.165, 1.54) is 19.4 Å². The lowest BCUT2D eigenvalue weighted by Crippen LogP contribution is -2.31. The van der Waals surface area contributed by atoms with E-state index < -0.39 is 0 Å². The largest absolute Gasteiger partial charge is 0.314 e. The molecule has 2 rings (SSSR count). The third-order valence-corrected chi connectivity index (χ3v) is 5.14. The maximum absolute atomic E-state index is 3.67. The van der Waals surface area contributed by atoms with E-state index in [0.29, 0.717) is 6.04 Å². The van der Waals surface area contributed by atoms with Gasteiger partial charge in [0.2, 0.25) is 0 Å². The maximum Gasteiger partial charge on any atom is 0.00104 e. The van der Waals surface area contributed by atoms with Gasteiger partial charge in [-0.2, -0.15) is 0 Å². The van der Waals surface area contributed by atoms with Gasteiger partial charge < -0.3 is 5.32 Å². The zero-order valence-electron chi connectivity index (χ0n) is 12.9. The van der Waals surface area contributed by atoms with E-state index in [1.807, 2.05) is 0 Å². The maximum atomic E-state index is 3.67. The van der Waals surface area contributed by atoms with Gasteiger partial charge >= 0.3 is 0 Å². The van der Waals surface area contributed by atoms with Crippen molar-refractivity contribution >= 4 is 0 Å². The van der Waals surface area contributed by atoms with Crippen LogP contribution in [0.25, 0.3) is 0 Å². The molecule has 106 valence electrons. The predicted octanol–water partition coefficient (Wildman–Crippen LogP) is 4.47. The summed E-state index contributed by atoms with van der Waals surface area (Å²) in [7, 11) is 0. The van der Waals surface area contributed by atoms with Crippen LogP contribution in [0.5, 0.6) is 0 Å². The van der Waals surface area contributed by atoms with Crippen molar-refractivity contribution in [3.05, 3.63) is 0 Å². The van der Waals surface area contributed by atoms with Gasteiger partial charge in [0.15, 0.2) is 0 Å². The summed E-state index contributed by atoms with van der Waals surface area (Å²) in [5, 5.41) is 3.67. The summed E-state index contributed by atoms with van der Waals surface area (Å²) in [4.78, 5) is 0. The highest BCUT2D eigenvalue weighted by Crippen LogP contribution is 2.50. The van der Waals surface area contributed by atoms with Crippen LogP contribution < -0.4 is 5.32 Å². The summed E-state index contributed by atoms with van der Waals surface area (Å²) in [5.41, 5.74) is 0. The molecule has 1 N–H and O–H groups in total. The summed E-state index contributed by atoms with van der Waals surface area (Å²) >= 11 is 0. The number of hydrogen-bond acceptors (Lipinski definition) is 1. The summed E-state index contributed by atoms with van der Waals surface area (Å²) in [6.45, 7) is 10.5. The molecule has 4 unspecified atom stereocenters. The second kappa shape index (κ2) is 6.41. The van der Waals surface area contributed by atoms with Crippen LogP contribution in [0.3, 0.4) is 0 Å². The van der Waals surface area contributed by atoms with Crippen LogP contribution in [-0.4, -0.2) is 12.6 Å². The topological polar surface area (TPSA) is 12.0 Å². The standard InChI is InChI=1S/C17H33N/c1-12(2)7-15(11-18-13(3)4)10-17-9-14-5-6-16(17)8-14/h12-18H,5-11H2,1-4H3. The zero-order valence-corrected chi connectivity index (χ0v) is 12.9. The Bertz CT molecular complexity index is 246. The van der Waals surface area contributed by atoms with E-state index in [2.05, 4.69) is 33.0 Å². The molecule has 1 heteroatoms. The van der Waals surface area contributed by atoms with Crippen LogP contribution in [-0.2, 0) is 0 Å². The predicted molar refractivity (Wildman–Crippen MR) is 79.6 cm³/mol. The second-order valence-electron chi connectivity index (χ2n) is 7.73. The van der Waals surface area contributed by atoms with Crippen molar-refractivity contribution in [2.75, 3.05) is 6.54 Å². The van der Waals surface area contributed by atoms with Crippen molar-refractivity contribution in [1.29, 1.82) is 0 Å². The Kier molecular flexibility index (Phi) is 5.12. The molecule has 2 bridgehead atoms. The monoisotopic (exact) mass is 251 g/mol. The number of fused-ring (bicyclic) bond motifs is 2. The first-order valence-corrected chi connectivity index (χ1v) is 8.28. The highest BCUT2D eigenvalue weighted by Gasteiger charge is 2.39. The first-order chi connectivity index (χ1) is 8.54. The summed E-state index contributed by atoms with van der Waals surface area (Å²) in [6.07, 6.45) is 9.12. The lowest BCUT2D eigenvalue weighted by Gasteiger charge is -2.28. The molecule has 1 nitrogen and oxygen atoms in total. The van der Waals surface area contributed by atoms with Crippen molar-refractivity contribution < 1.29 is 0 Å². The fourth-order valence-electron chi connectivity index (χ4n) is 4.43. The van der Waals surface area contributed by atoms with E-state index in [-0.39, 0.29) is 0 Å². The number of rotatable bonds is 7. The molecule has 0 heterocycles. The lowest BCUT2D eigenvalue weighted by atomic mass is 9.80. The highest BCUT2D eigenvalue weighted by molar-refractivity contribution is 4.91. The average Bonchev–Trinajstić information content (AvgIpc) is 2.86. The van der Waals surface area contributed by atoms with Gasteiger partial charge in [-0.1, -0.05) is 34.1 Å². The van der Waals surface area contributed by atoms with Gasteiger partial charge in [0.1, 0.15) is 0 Å². The highest BCUT2D eigenvalue weighted by atomic mass is 14.9. The van der Waals surface area contributed by atoms with Crippen molar-refractivity contribution in [2.45, 2.75) is 72.3 Å². The van der Waals surface area contributed by atoms with Crippen LogP contribution in [0.1, 0.15) is 66.2 Å². The van der Waals surface area contributed by atoms with Crippen molar-refractivity contribution in [3.8, 4) is 0 Å². The van der Waals surface area contributed by atoms with Gasteiger partial charge in [-0.25, -0.2) is 0 Å². The van der Waals surface area contributed by atoms with Crippen LogP contribution in [0.4, 0.5) is 0 Å². The van der Waals surface area contributed by atoms with E-state index in [4.69, 9.17) is 0 Å². The smallest absolute Gasteiger partial charge is 0.00104 e. The Morgan fingerprint density at radius 3 is 2.33 bits per heavy atom. The minimum absolute atomic E-state index is 0.639. The summed E-state index contributed by atoms with van der Waals surface area (Å²) < 4.78 is 0. The van der Waals surface area contributed by atoms with Crippen LogP contribution in [0.2, 0.25) is 0 Å². The summed E-state index contributed by atoms with van der Waals surface area (Å²) in [6, 6.07) is 0.639. The van der Waals surface area contributed by atoms with Crippen LogP contribution >= 0.6 is 0 Å². The number of hydrogen-bond donors (Lipinski definition) is 1. The summed E-state index contributed by atoms with van der Waals surface area (Å²) in [5.74, 6) is 5.04. The van der Waals surface area contributed by atoms with Crippen molar-refractivity contribution in [2.24, 2.45) is 29.6 Å². The minimum atomic E-state index is 0.639. The minimum Gasteiger partial charge on any atom is -0.314 e. The molecule has 0 radical (unpaired) electrons. The SMILES string of the molecule is CC(C)CC(CNC(C)C)CC1CC2CCC1C2. The molecule has 0 spiro atoms. The molecule has 2 aliphatic carbocycles. The zero-order chi connectivity index (χ0) is 13.1. The Labute approximate surface area is 114 Å². The van der Waals surface area contributed by atoms with Crippen molar-refractivity contribution in [3.63, 3.8) is 0 Å². The molecule has 2 fully saturated rings. The van der Waals surface area contributed by atoms with Gasteiger partial charge in [-0.3, -0.25) is 0 Å². The van der Waals surface area contributed by atoms with E-state index in [1.54, 1.807) is 25.7 Å². The van der Waals surface area contributed by atoms with Crippen molar-refractivity contribution in [1.82, 2.24) is 5.32 Å². The molecule has 18 heavy (non-hydrogen) atoms. The van der Waals surface area contributed by atoms with E-state index in [9.17, 15) is 0 Å². The van der Waals surface area contributed by atoms with E-state index in [0.717, 1.165) is 29.6 Å². The second-order valence-corrected chi connectivity index (χ2v) is 7.73. The molecule has 2 aliphatic rings. The molecule has 2 saturated carbocycles. The Morgan fingerprint density at radius 1 is 1.06 bits per heavy atom. The third kappa shape index (κ3) is 3.98. The first kappa shape index (κ1) is 14.4. The lowest BCUT2D eigenvalue weighted by molar-refractivity contribution is 0.240. The van der Waals surface area contributed by atoms with Gasteiger partial charge in [-0.05, 0) is 68.2 Å². The Balaban J connectivity index is 1.80. The molecule has 0 aromatic heterocycles. The Morgan fingerprint density at radius 2 is 1.83 bits per heavy atom. The normalized spacial score (nSPS) is 32.7. The van der Waals surface area contributed by atoms with Gasteiger partial charge in [0.25, 0.3) is 0 Å². The van der Waals surface area contributed by atoms with Gasteiger partial charge in [0, 0.05) is 6.04 Å². The molecular weight excluding hydrogens is 218 g/mol. The van der Waals surface area contributed by atoms with Crippen LogP contribution in [0.15, 0.2) is 0 Å². The fourth-order valence-corrected chi connectivity index (χ4v) is 4.43. The molecular formula is C17H33N. The Hall–Kier alpha value is -0.0400. The average molecular weight is 251 g/mol. The molecule has 0 aromatic rings. The molecule has 0 amide bonds. The molecule has 4 atom stereocenters. The third-order valence-electron chi connectivity index (χ3n) is 5.14. The molecule has 0 aliphatic heterocycles. The van der Waals surface area contributed by atoms with E-state index >= 15 is 0 Å². The molecule has 0 aromatic carbocycles. The number of nitrogens with one attached hydrogen (secondary N) is 1.